The smallest absolute Gasteiger partial charge is 0.310 e. The van der Waals surface area contributed by atoms with Crippen LogP contribution >= 0.6 is 22.9 Å². The fraction of sp³-hybridized carbons (Fsp3) is 0.250. The highest BCUT2D eigenvalue weighted by Gasteiger charge is 2.14. The van der Waals surface area contributed by atoms with Crippen LogP contribution in [0.25, 0.3) is 10.4 Å². The van der Waals surface area contributed by atoms with Crippen LogP contribution in [-0.2, 0) is 16.0 Å². The SMILES string of the molecule is CCOC(=O)Cc1cc(C=O)sc1-c1ccc(Cl)cc1.CO. The van der Waals surface area contributed by atoms with Gasteiger partial charge in [0, 0.05) is 17.0 Å². The van der Waals surface area contributed by atoms with Crippen LogP contribution in [0.3, 0.4) is 0 Å². The minimum atomic E-state index is -0.294. The van der Waals surface area contributed by atoms with Gasteiger partial charge in [-0.25, -0.2) is 0 Å². The monoisotopic (exact) mass is 340 g/mol. The van der Waals surface area contributed by atoms with E-state index in [0.717, 1.165) is 29.4 Å². The fourth-order valence-electron chi connectivity index (χ4n) is 1.85. The van der Waals surface area contributed by atoms with Gasteiger partial charge in [0.05, 0.1) is 17.9 Å². The lowest BCUT2D eigenvalue weighted by Gasteiger charge is -2.04. The number of thiophene rings is 1. The van der Waals surface area contributed by atoms with Gasteiger partial charge in [0.2, 0.25) is 0 Å². The predicted molar refractivity (Wildman–Crippen MR) is 88.6 cm³/mol. The lowest BCUT2D eigenvalue weighted by Crippen LogP contribution is -2.07. The lowest BCUT2D eigenvalue weighted by molar-refractivity contribution is -0.142. The second-order valence-electron chi connectivity index (χ2n) is 4.11. The molecule has 1 heterocycles. The molecular weight excluding hydrogens is 324 g/mol. The maximum atomic E-state index is 11.6. The molecule has 4 nitrogen and oxygen atoms in total. The Bertz CT molecular complexity index is 620. The van der Waals surface area contributed by atoms with E-state index in [-0.39, 0.29) is 12.4 Å². The molecule has 0 saturated carbocycles. The molecule has 1 aromatic carbocycles. The number of hydrogen-bond acceptors (Lipinski definition) is 5. The van der Waals surface area contributed by atoms with E-state index in [0.29, 0.717) is 16.5 Å². The van der Waals surface area contributed by atoms with Gasteiger partial charge in [-0.05, 0) is 36.2 Å². The molecule has 0 unspecified atom stereocenters. The first kappa shape index (κ1) is 18.4. The summed E-state index contributed by atoms with van der Waals surface area (Å²) in [5.41, 5.74) is 1.74. The molecule has 0 fully saturated rings. The molecule has 0 aliphatic heterocycles. The topological polar surface area (TPSA) is 63.6 Å². The number of rotatable bonds is 5. The molecule has 1 aromatic heterocycles. The third-order valence-electron chi connectivity index (χ3n) is 2.69. The molecular formula is C16H17ClO4S. The molecule has 0 saturated heterocycles. The van der Waals surface area contributed by atoms with Crippen LogP contribution in [0.5, 0.6) is 0 Å². The third-order valence-corrected chi connectivity index (χ3v) is 4.09. The van der Waals surface area contributed by atoms with Crippen LogP contribution in [-0.4, -0.2) is 31.1 Å². The van der Waals surface area contributed by atoms with E-state index in [1.807, 2.05) is 12.1 Å². The normalized spacial score (nSPS) is 9.64. The summed E-state index contributed by atoms with van der Waals surface area (Å²) < 4.78 is 4.95. The van der Waals surface area contributed by atoms with Gasteiger partial charge in [-0.3, -0.25) is 9.59 Å². The molecule has 0 radical (unpaired) electrons. The number of aliphatic hydroxyl groups excluding tert-OH is 1. The molecule has 22 heavy (non-hydrogen) atoms. The van der Waals surface area contributed by atoms with Crippen molar-refractivity contribution >= 4 is 35.2 Å². The summed E-state index contributed by atoms with van der Waals surface area (Å²) in [7, 11) is 1.00. The minimum Gasteiger partial charge on any atom is -0.466 e. The van der Waals surface area contributed by atoms with Crippen LogP contribution in [0.2, 0.25) is 5.02 Å². The number of benzene rings is 1. The maximum Gasteiger partial charge on any atom is 0.310 e. The van der Waals surface area contributed by atoms with Gasteiger partial charge in [-0.2, -0.15) is 0 Å². The van der Waals surface area contributed by atoms with Gasteiger partial charge < -0.3 is 9.84 Å². The van der Waals surface area contributed by atoms with E-state index in [9.17, 15) is 9.59 Å². The number of carbonyl (C=O) groups excluding carboxylic acids is 2. The Balaban J connectivity index is 0.00000116. The maximum absolute atomic E-state index is 11.6. The second-order valence-corrected chi connectivity index (χ2v) is 5.63. The van der Waals surface area contributed by atoms with Crippen molar-refractivity contribution < 1.29 is 19.4 Å². The first-order valence-electron chi connectivity index (χ1n) is 6.58. The van der Waals surface area contributed by atoms with E-state index in [2.05, 4.69) is 0 Å². The fourth-order valence-corrected chi connectivity index (χ4v) is 2.98. The van der Waals surface area contributed by atoms with Gasteiger partial charge in [-0.15, -0.1) is 11.3 Å². The predicted octanol–water partition coefficient (Wildman–Crippen LogP) is 3.60. The van der Waals surface area contributed by atoms with Gasteiger partial charge in [0.15, 0.2) is 6.29 Å². The van der Waals surface area contributed by atoms with Gasteiger partial charge in [0.25, 0.3) is 0 Å². The van der Waals surface area contributed by atoms with Crippen molar-refractivity contribution in [2.24, 2.45) is 0 Å². The Morgan fingerprint density at radius 1 is 1.32 bits per heavy atom. The summed E-state index contributed by atoms with van der Waals surface area (Å²) in [5.74, 6) is -0.294. The molecule has 0 aliphatic carbocycles. The number of hydrogen-bond donors (Lipinski definition) is 1. The largest absolute Gasteiger partial charge is 0.466 e. The van der Waals surface area contributed by atoms with E-state index < -0.39 is 0 Å². The summed E-state index contributed by atoms with van der Waals surface area (Å²) in [4.78, 5) is 24.1. The Kier molecular flexibility index (Phi) is 7.80. The number of halogens is 1. The average Bonchev–Trinajstić information content (AvgIpc) is 2.93. The second kappa shape index (κ2) is 9.35. The summed E-state index contributed by atoms with van der Waals surface area (Å²) in [6.45, 7) is 2.11. The molecule has 0 aliphatic rings. The first-order valence-corrected chi connectivity index (χ1v) is 7.77. The van der Waals surface area contributed by atoms with Gasteiger partial charge in [-0.1, -0.05) is 23.7 Å². The number of aliphatic hydroxyl groups is 1. The molecule has 0 spiro atoms. The van der Waals surface area contributed by atoms with Crippen LogP contribution < -0.4 is 0 Å². The summed E-state index contributed by atoms with van der Waals surface area (Å²) >= 11 is 7.23. The van der Waals surface area contributed by atoms with Crippen molar-refractivity contribution in [2.75, 3.05) is 13.7 Å². The average molecular weight is 341 g/mol. The van der Waals surface area contributed by atoms with Crippen molar-refractivity contribution in [2.45, 2.75) is 13.3 Å². The van der Waals surface area contributed by atoms with Crippen LogP contribution in [0, 0.1) is 0 Å². The van der Waals surface area contributed by atoms with Crippen molar-refractivity contribution in [3.63, 3.8) is 0 Å². The molecule has 0 amide bonds. The van der Waals surface area contributed by atoms with E-state index in [4.69, 9.17) is 21.4 Å². The molecule has 6 heteroatoms. The van der Waals surface area contributed by atoms with E-state index >= 15 is 0 Å². The van der Waals surface area contributed by atoms with Crippen molar-refractivity contribution in [3.05, 3.63) is 45.8 Å². The zero-order chi connectivity index (χ0) is 16.5. The molecule has 1 N–H and O–H groups in total. The Morgan fingerprint density at radius 2 is 1.95 bits per heavy atom. The highest BCUT2D eigenvalue weighted by atomic mass is 35.5. The van der Waals surface area contributed by atoms with Gasteiger partial charge >= 0.3 is 5.97 Å². The number of ether oxygens (including phenoxy) is 1. The summed E-state index contributed by atoms with van der Waals surface area (Å²) in [6, 6.07) is 9.05. The number of carbonyl (C=O) groups is 2. The third kappa shape index (κ3) is 4.94. The number of esters is 1. The van der Waals surface area contributed by atoms with E-state index in [1.165, 1.54) is 11.3 Å². The zero-order valence-electron chi connectivity index (χ0n) is 12.3. The summed E-state index contributed by atoms with van der Waals surface area (Å²) in [6.07, 6.45) is 0.953. The molecule has 2 aromatic rings. The van der Waals surface area contributed by atoms with Gasteiger partial charge in [0.1, 0.15) is 0 Å². The Labute approximate surface area is 138 Å². The summed E-state index contributed by atoms with van der Waals surface area (Å²) in [5, 5.41) is 7.65. The molecule has 118 valence electrons. The van der Waals surface area contributed by atoms with Crippen LogP contribution in [0.15, 0.2) is 30.3 Å². The quantitative estimate of drug-likeness (QED) is 0.667. The first-order chi connectivity index (χ1) is 10.6. The van der Waals surface area contributed by atoms with Crippen molar-refractivity contribution in [1.82, 2.24) is 0 Å². The Morgan fingerprint density at radius 3 is 2.50 bits per heavy atom. The van der Waals surface area contributed by atoms with Crippen molar-refractivity contribution in [1.29, 1.82) is 0 Å². The highest BCUT2D eigenvalue weighted by Crippen LogP contribution is 2.33. The van der Waals surface area contributed by atoms with Crippen LogP contribution in [0.1, 0.15) is 22.2 Å². The molecule has 0 atom stereocenters. The standard InChI is InChI=1S/C15H13ClO3S.CH4O/c1-2-19-14(18)8-11-7-13(9-17)20-15(11)10-3-5-12(16)6-4-10;1-2/h3-7,9H,2,8H2,1H3;2H,1H3. The number of aldehydes is 1. The lowest BCUT2D eigenvalue weighted by atomic mass is 10.1. The van der Waals surface area contributed by atoms with Crippen LogP contribution in [0.4, 0.5) is 0 Å². The zero-order valence-corrected chi connectivity index (χ0v) is 13.9. The Hall–Kier alpha value is -1.69. The van der Waals surface area contributed by atoms with E-state index in [1.54, 1.807) is 25.1 Å². The van der Waals surface area contributed by atoms with Crippen molar-refractivity contribution in [3.8, 4) is 10.4 Å². The minimum absolute atomic E-state index is 0.163. The molecule has 2 rings (SSSR count). The highest BCUT2D eigenvalue weighted by molar-refractivity contribution is 7.17. The molecule has 0 bridgehead atoms.